The first-order chi connectivity index (χ1) is 15.9. The summed E-state index contributed by atoms with van der Waals surface area (Å²) < 4.78 is 5.36. The van der Waals surface area contributed by atoms with Gasteiger partial charge >= 0.3 is 0 Å². The van der Waals surface area contributed by atoms with Crippen LogP contribution in [0.4, 0.5) is 0 Å². The highest BCUT2D eigenvalue weighted by molar-refractivity contribution is 5.95. The van der Waals surface area contributed by atoms with E-state index >= 15 is 0 Å². The molecule has 3 heterocycles. The van der Waals surface area contributed by atoms with E-state index in [0.29, 0.717) is 37.4 Å². The lowest BCUT2D eigenvalue weighted by molar-refractivity contribution is -0.0598. The molecule has 1 amide bonds. The van der Waals surface area contributed by atoms with Gasteiger partial charge < -0.3 is 15.0 Å². The van der Waals surface area contributed by atoms with Crippen LogP contribution in [0.15, 0.2) is 47.5 Å². The number of ether oxygens (including phenoxy) is 1. The van der Waals surface area contributed by atoms with E-state index in [1.807, 2.05) is 54.3 Å². The second-order valence-electron chi connectivity index (χ2n) is 9.44. The molecular weight excluding hydrogens is 414 g/mol. The average Bonchev–Trinajstić information content (AvgIpc) is 3.21. The molecule has 2 atom stereocenters. The first kappa shape index (κ1) is 21.2. The van der Waals surface area contributed by atoms with E-state index in [2.05, 4.69) is 24.4 Å². The highest BCUT2D eigenvalue weighted by Crippen LogP contribution is 2.36. The normalized spacial score (nSPS) is 23.4. The van der Waals surface area contributed by atoms with Crippen LogP contribution in [-0.2, 0) is 4.74 Å². The van der Waals surface area contributed by atoms with Crippen LogP contribution >= 0.6 is 0 Å². The van der Waals surface area contributed by atoms with Crippen LogP contribution in [0.1, 0.15) is 51.5 Å². The zero-order valence-electron chi connectivity index (χ0n) is 18.7. The third kappa shape index (κ3) is 3.65. The van der Waals surface area contributed by atoms with Crippen molar-refractivity contribution in [3.05, 3.63) is 70.3 Å². The Morgan fingerprint density at radius 1 is 1.18 bits per heavy atom. The fourth-order valence-corrected chi connectivity index (χ4v) is 4.66. The van der Waals surface area contributed by atoms with Crippen molar-refractivity contribution >= 4 is 11.7 Å². The van der Waals surface area contributed by atoms with Crippen LogP contribution in [-0.4, -0.2) is 49.0 Å². The first-order valence-corrected chi connectivity index (χ1v) is 11.1. The molecule has 0 aliphatic carbocycles. The van der Waals surface area contributed by atoms with Crippen molar-refractivity contribution in [2.24, 2.45) is 10.4 Å². The lowest BCUT2D eigenvalue weighted by Gasteiger charge is -2.39. The van der Waals surface area contributed by atoms with Gasteiger partial charge in [0.15, 0.2) is 0 Å². The van der Waals surface area contributed by atoms with Crippen LogP contribution in [0.3, 0.4) is 0 Å². The van der Waals surface area contributed by atoms with E-state index in [0.717, 1.165) is 22.5 Å². The molecule has 3 aliphatic heterocycles. The SMILES string of the molecule is Cc1ccc(C(=O)N2CC(c3ccc(C#N)cc3)C2)cc1C1N=C(C2(C)COC2)NC1C#N. The molecule has 3 aliphatic rings. The number of benzene rings is 2. The third-order valence-electron chi connectivity index (χ3n) is 6.95. The number of aliphatic imine (C=N–C) groups is 1. The first-order valence-electron chi connectivity index (χ1n) is 11.1. The summed E-state index contributed by atoms with van der Waals surface area (Å²) in [5.74, 6) is 1.09. The van der Waals surface area contributed by atoms with Gasteiger partial charge in [0.1, 0.15) is 17.9 Å². The number of amides is 1. The molecule has 0 radical (unpaired) electrons. The maximum absolute atomic E-state index is 13.2. The zero-order valence-corrected chi connectivity index (χ0v) is 18.7. The van der Waals surface area contributed by atoms with Crippen molar-refractivity contribution in [2.45, 2.75) is 31.8 Å². The number of nitriles is 2. The summed E-state index contributed by atoms with van der Waals surface area (Å²) in [6.07, 6.45) is 0. The summed E-state index contributed by atoms with van der Waals surface area (Å²) in [6, 6.07) is 16.9. The molecule has 2 fully saturated rings. The number of aryl methyl sites for hydroxylation is 1. The molecule has 166 valence electrons. The maximum atomic E-state index is 13.2. The molecule has 7 nitrogen and oxygen atoms in total. The van der Waals surface area contributed by atoms with E-state index in [1.165, 1.54) is 0 Å². The predicted octanol–water partition coefficient (Wildman–Crippen LogP) is 3.08. The second kappa shape index (κ2) is 8.03. The number of amidine groups is 1. The number of rotatable bonds is 4. The van der Waals surface area contributed by atoms with Crippen LogP contribution < -0.4 is 5.32 Å². The molecule has 2 unspecified atom stereocenters. The van der Waals surface area contributed by atoms with Crippen molar-refractivity contribution < 1.29 is 9.53 Å². The van der Waals surface area contributed by atoms with Crippen LogP contribution in [0.25, 0.3) is 0 Å². The molecule has 33 heavy (non-hydrogen) atoms. The fourth-order valence-electron chi connectivity index (χ4n) is 4.66. The molecule has 0 bridgehead atoms. The van der Waals surface area contributed by atoms with Crippen molar-refractivity contribution in [1.82, 2.24) is 10.2 Å². The van der Waals surface area contributed by atoms with E-state index in [9.17, 15) is 10.1 Å². The maximum Gasteiger partial charge on any atom is 0.253 e. The number of hydrogen-bond donors (Lipinski definition) is 1. The summed E-state index contributed by atoms with van der Waals surface area (Å²) in [5.41, 5.74) is 4.14. The Balaban J connectivity index is 1.33. The van der Waals surface area contributed by atoms with Gasteiger partial charge in [-0.3, -0.25) is 9.79 Å². The highest BCUT2D eigenvalue weighted by Gasteiger charge is 2.45. The van der Waals surface area contributed by atoms with Gasteiger partial charge in [-0.15, -0.1) is 0 Å². The Hall–Kier alpha value is -3.68. The molecule has 2 aromatic rings. The van der Waals surface area contributed by atoms with Gasteiger partial charge in [-0.05, 0) is 54.8 Å². The molecule has 5 rings (SSSR count). The van der Waals surface area contributed by atoms with E-state index in [1.54, 1.807) is 0 Å². The standard InChI is InChI=1S/C26H25N5O2/c1-16-3-6-19(24(32)31-12-20(13-31)18-7-4-17(10-27)5-8-18)9-21(16)23-22(11-28)29-25(30-23)26(2)14-33-15-26/h3-9,20,22-23H,12-15H2,1-2H3,(H,29,30). The molecular formula is C26H25N5O2. The Kier molecular flexibility index (Phi) is 5.15. The second-order valence-corrected chi connectivity index (χ2v) is 9.44. The lowest BCUT2D eigenvalue weighted by atomic mass is 9.87. The zero-order chi connectivity index (χ0) is 23.2. The topological polar surface area (TPSA) is 102 Å². The van der Waals surface area contributed by atoms with Gasteiger partial charge in [0.05, 0.1) is 36.3 Å². The Morgan fingerprint density at radius 2 is 1.91 bits per heavy atom. The minimum absolute atomic E-state index is 0.0100. The van der Waals surface area contributed by atoms with Gasteiger partial charge in [0.2, 0.25) is 0 Å². The molecule has 2 aromatic carbocycles. The quantitative estimate of drug-likeness (QED) is 0.789. The van der Waals surface area contributed by atoms with Crippen molar-refractivity contribution in [2.75, 3.05) is 26.3 Å². The van der Waals surface area contributed by atoms with Gasteiger partial charge in [-0.25, -0.2) is 0 Å². The summed E-state index contributed by atoms with van der Waals surface area (Å²) in [5, 5.41) is 22.0. The van der Waals surface area contributed by atoms with Gasteiger partial charge in [0.25, 0.3) is 5.91 Å². The van der Waals surface area contributed by atoms with E-state index in [-0.39, 0.29) is 23.3 Å². The molecule has 2 saturated heterocycles. The number of nitrogens with zero attached hydrogens (tertiary/aromatic N) is 4. The fraction of sp³-hybridized carbons (Fsp3) is 0.385. The minimum Gasteiger partial charge on any atom is -0.379 e. The van der Waals surface area contributed by atoms with Gasteiger partial charge in [-0.1, -0.05) is 18.2 Å². The van der Waals surface area contributed by atoms with E-state index in [4.69, 9.17) is 15.0 Å². The van der Waals surface area contributed by atoms with Crippen molar-refractivity contribution in [1.29, 1.82) is 10.5 Å². The molecule has 0 aromatic heterocycles. The summed E-state index contributed by atoms with van der Waals surface area (Å²) >= 11 is 0. The number of carbonyl (C=O) groups excluding carboxylic acids is 1. The largest absolute Gasteiger partial charge is 0.379 e. The predicted molar refractivity (Wildman–Crippen MR) is 123 cm³/mol. The van der Waals surface area contributed by atoms with Crippen molar-refractivity contribution in [3.8, 4) is 12.1 Å². The number of hydrogen-bond acceptors (Lipinski definition) is 6. The van der Waals surface area contributed by atoms with Crippen LogP contribution in [0, 0.1) is 35.0 Å². The summed E-state index contributed by atoms with van der Waals surface area (Å²) in [7, 11) is 0. The number of nitrogens with one attached hydrogen (secondary N) is 1. The number of likely N-dealkylation sites (tertiary alicyclic amines) is 1. The van der Waals surface area contributed by atoms with E-state index < -0.39 is 6.04 Å². The van der Waals surface area contributed by atoms with Gasteiger partial charge in [-0.2, -0.15) is 10.5 Å². The number of carbonyl (C=O) groups is 1. The van der Waals surface area contributed by atoms with Gasteiger partial charge in [0, 0.05) is 24.6 Å². The molecule has 7 heteroatoms. The Bertz CT molecular complexity index is 1210. The smallest absolute Gasteiger partial charge is 0.253 e. The summed E-state index contributed by atoms with van der Waals surface area (Å²) in [4.78, 5) is 19.9. The average molecular weight is 440 g/mol. The van der Waals surface area contributed by atoms with Crippen LogP contribution in [0.2, 0.25) is 0 Å². The molecule has 0 spiro atoms. The highest BCUT2D eigenvalue weighted by atomic mass is 16.5. The van der Waals surface area contributed by atoms with Crippen molar-refractivity contribution in [3.63, 3.8) is 0 Å². The monoisotopic (exact) mass is 439 g/mol. The minimum atomic E-state index is -0.466. The Morgan fingerprint density at radius 3 is 2.52 bits per heavy atom. The molecule has 0 saturated carbocycles. The van der Waals surface area contributed by atoms with Crippen LogP contribution in [0.5, 0.6) is 0 Å². The molecule has 1 N–H and O–H groups in total. The third-order valence-corrected chi connectivity index (χ3v) is 6.95. The lowest BCUT2D eigenvalue weighted by Crippen LogP contribution is -2.51. The Labute approximate surface area is 193 Å². The summed E-state index contributed by atoms with van der Waals surface area (Å²) in [6.45, 7) is 6.57.